The zero-order chi connectivity index (χ0) is 21.8. The third-order valence-electron chi connectivity index (χ3n) is 6.42. The Hall–Kier alpha value is -2.89. The van der Waals surface area contributed by atoms with Crippen LogP contribution in [0.15, 0.2) is 42.6 Å². The fraction of sp³-hybridized carbons (Fsp3) is 0.480. The summed E-state index contributed by atoms with van der Waals surface area (Å²) in [6, 6.07) is 8.06. The Labute approximate surface area is 184 Å². The van der Waals surface area contributed by atoms with Gasteiger partial charge in [0, 0.05) is 50.8 Å². The van der Waals surface area contributed by atoms with Gasteiger partial charge in [0.25, 0.3) is 0 Å². The van der Waals surface area contributed by atoms with Crippen molar-refractivity contribution in [2.75, 3.05) is 39.2 Å². The normalized spacial score (nSPS) is 19.3. The molecule has 6 nitrogen and oxygen atoms in total. The lowest BCUT2D eigenvalue weighted by molar-refractivity contribution is -0.136. The van der Waals surface area contributed by atoms with Gasteiger partial charge in [0.15, 0.2) is 0 Å². The summed E-state index contributed by atoms with van der Waals surface area (Å²) in [6.45, 7) is 1.60. The van der Waals surface area contributed by atoms with E-state index in [0.29, 0.717) is 11.8 Å². The maximum Gasteiger partial charge on any atom is 0.226 e. The van der Waals surface area contributed by atoms with E-state index in [1.807, 2.05) is 37.3 Å². The molecular formula is C25H32N4O2. The number of amides is 1. The predicted octanol–water partition coefficient (Wildman–Crippen LogP) is 4.28. The number of rotatable bonds is 5. The van der Waals surface area contributed by atoms with Crippen LogP contribution < -0.4 is 9.64 Å². The average molecular weight is 421 g/mol. The number of piperidine rings is 1. The number of carbonyl (C=O) groups excluding carboxylic acids is 1. The molecule has 31 heavy (non-hydrogen) atoms. The molecule has 2 aromatic rings. The quantitative estimate of drug-likeness (QED) is 0.676. The first-order chi connectivity index (χ1) is 15.1. The minimum Gasteiger partial charge on any atom is -0.497 e. The third-order valence-corrected chi connectivity index (χ3v) is 6.42. The number of nitrogens with zero attached hydrogens (tertiary/aromatic N) is 4. The van der Waals surface area contributed by atoms with E-state index >= 15 is 0 Å². The molecule has 1 aromatic carbocycles. The topological polar surface area (TPSA) is 58.6 Å². The Kier molecular flexibility index (Phi) is 6.54. The molecule has 2 heterocycles. The summed E-state index contributed by atoms with van der Waals surface area (Å²) in [5, 5.41) is 0. The molecule has 164 valence electrons. The Balaban J connectivity index is 1.54. The van der Waals surface area contributed by atoms with Gasteiger partial charge in [-0.3, -0.25) is 4.79 Å². The van der Waals surface area contributed by atoms with Crippen LogP contribution in [0, 0.1) is 5.92 Å². The number of hydrogen-bond donors (Lipinski definition) is 0. The van der Waals surface area contributed by atoms with Crippen molar-refractivity contribution < 1.29 is 9.53 Å². The summed E-state index contributed by atoms with van der Waals surface area (Å²) in [5.74, 6) is 2.36. The first-order valence-electron chi connectivity index (χ1n) is 11.2. The second kappa shape index (κ2) is 9.50. The van der Waals surface area contributed by atoms with Gasteiger partial charge in [-0.25, -0.2) is 9.97 Å². The van der Waals surface area contributed by atoms with Gasteiger partial charge in [-0.2, -0.15) is 0 Å². The van der Waals surface area contributed by atoms with Crippen molar-refractivity contribution in [2.45, 2.75) is 38.0 Å². The smallest absolute Gasteiger partial charge is 0.226 e. The highest BCUT2D eigenvalue weighted by Crippen LogP contribution is 2.36. The minimum atomic E-state index is 0.163. The molecule has 1 aromatic heterocycles. The van der Waals surface area contributed by atoms with Crippen LogP contribution in [-0.4, -0.2) is 55.1 Å². The largest absolute Gasteiger partial charge is 0.497 e. The SMILES string of the molecule is COc1ccc(-c2cnc(N(C)C)nc2C2CCN(C(=O)[C@@H]3CC=CCC3)CC2)cc1. The Morgan fingerprint density at radius 3 is 2.45 bits per heavy atom. The van der Waals surface area contributed by atoms with Crippen molar-refractivity contribution in [1.29, 1.82) is 0 Å². The van der Waals surface area contributed by atoms with Crippen molar-refractivity contribution >= 4 is 11.9 Å². The van der Waals surface area contributed by atoms with E-state index in [-0.39, 0.29) is 5.92 Å². The second-order valence-corrected chi connectivity index (χ2v) is 8.67. The summed E-state index contributed by atoms with van der Waals surface area (Å²) >= 11 is 0. The number of methoxy groups -OCH3 is 1. The van der Waals surface area contributed by atoms with Gasteiger partial charge < -0.3 is 14.5 Å². The fourth-order valence-corrected chi connectivity index (χ4v) is 4.55. The lowest BCUT2D eigenvalue weighted by Crippen LogP contribution is -2.41. The molecule has 0 N–H and O–H groups in total. The number of hydrogen-bond acceptors (Lipinski definition) is 5. The van der Waals surface area contributed by atoms with Crippen molar-refractivity contribution in [2.24, 2.45) is 5.92 Å². The maximum atomic E-state index is 12.9. The van der Waals surface area contributed by atoms with Crippen LogP contribution in [0.3, 0.4) is 0 Å². The van der Waals surface area contributed by atoms with Gasteiger partial charge in [0.1, 0.15) is 5.75 Å². The molecule has 0 saturated carbocycles. The molecule has 1 amide bonds. The van der Waals surface area contributed by atoms with Crippen molar-refractivity contribution in [3.05, 3.63) is 48.3 Å². The molecule has 1 aliphatic carbocycles. The zero-order valence-corrected chi connectivity index (χ0v) is 18.8. The monoisotopic (exact) mass is 420 g/mol. The van der Waals surface area contributed by atoms with Crippen molar-refractivity contribution in [3.8, 4) is 16.9 Å². The number of allylic oxidation sites excluding steroid dienone is 2. The van der Waals surface area contributed by atoms with Crippen LogP contribution in [-0.2, 0) is 4.79 Å². The standard InChI is InChI=1S/C25H32N4O2/c1-28(2)25-26-17-22(18-9-11-21(31-3)12-10-18)23(27-25)19-13-15-29(16-14-19)24(30)20-7-5-4-6-8-20/h4-5,9-12,17,19-20H,6-8,13-16H2,1-3H3/t20-/m1/s1. The molecule has 1 saturated heterocycles. The van der Waals surface area contributed by atoms with E-state index in [2.05, 4.69) is 34.2 Å². The van der Waals surface area contributed by atoms with E-state index in [4.69, 9.17) is 9.72 Å². The first kappa shape index (κ1) is 21.3. The van der Waals surface area contributed by atoms with Gasteiger partial charge in [-0.05, 0) is 49.8 Å². The minimum absolute atomic E-state index is 0.163. The molecule has 0 unspecified atom stereocenters. The average Bonchev–Trinajstić information content (AvgIpc) is 2.84. The maximum absolute atomic E-state index is 12.9. The summed E-state index contributed by atoms with van der Waals surface area (Å²) in [6.07, 6.45) is 11.0. The molecule has 2 aliphatic rings. The van der Waals surface area contributed by atoms with Gasteiger partial charge in [0.05, 0.1) is 12.8 Å². The number of carbonyl (C=O) groups is 1. The van der Waals surface area contributed by atoms with Crippen molar-refractivity contribution in [3.63, 3.8) is 0 Å². The Bertz CT molecular complexity index is 931. The Morgan fingerprint density at radius 2 is 1.84 bits per heavy atom. The number of anilines is 1. The summed E-state index contributed by atoms with van der Waals surface area (Å²) in [7, 11) is 5.60. The first-order valence-corrected chi connectivity index (χ1v) is 11.2. The molecule has 0 bridgehead atoms. The van der Waals surface area contributed by atoms with E-state index in [0.717, 1.165) is 73.7 Å². The molecule has 4 rings (SSSR count). The lowest BCUT2D eigenvalue weighted by atomic mass is 9.87. The lowest BCUT2D eigenvalue weighted by Gasteiger charge is -2.35. The summed E-state index contributed by atoms with van der Waals surface area (Å²) < 4.78 is 5.31. The highest BCUT2D eigenvalue weighted by molar-refractivity contribution is 5.79. The number of ether oxygens (including phenoxy) is 1. The molecule has 0 radical (unpaired) electrons. The van der Waals surface area contributed by atoms with Gasteiger partial charge in [-0.15, -0.1) is 0 Å². The zero-order valence-electron chi connectivity index (χ0n) is 18.8. The van der Waals surface area contributed by atoms with E-state index < -0.39 is 0 Å². The van der Waals surface area contributed by atoms with Crippen LogP contribution in [0.1, 0.15) is 43.7 Å². The third kappa shape index (κ3) is 4.73. The molecular weight excluding hydrogens is 388 g/mol. The molecule has 1 atom stereocenters. The summed E-state index contributed by atoms with van der Waals surface area (Å²) in [4.78, 5) is 26.5. The van der Waals surface area contributed by atoms with Crippen LogP contribution in [0.5, 0.6) is 5.75 Å². The molecule has 1 aliphatic heterocycles. The second-order valence-electron chi connectivity index (χ2n) is 8.67. The Morgan fingerprint density at radius 1 is 1.10 bits per heavy atom. The van der Waals surface area contributed by atoms with Gasteiger partial charge in [0.2, 0.25) is 11.9 Å². The van der Waals surface area contributed by atoms with E-state index in [1.165, 1.54) is 0 Å². The molecule has 0 spiro atoms. The van der Waals surface area contributed by atoms with Gasteiger partial charge in [-0.1, -0.05) is 24.3 Å². The van der Waals surface area contributed by atoms with Crippen LogP contribution in [0.2, 0.25) is 0 Å². The van der Waals surface area contributed by atoms with Crippen LogP contribution in [0.4, 0.5) is 5.95 Å². The number of benzene rings is 1. The number of aromatic nitrogens is 2. The molecule has 1 fully saturated rings. The van der Waals surface area contributed by atoms with Crippen molar-refractivity contribution in [1.82, 2.24) is 14.9 Å². The van der Waals surface area contributed by atoms with Gasteiger partial charge >= 0.3 is 0 Å². The highest BCUT2D eigenvalue weighted by Gasteiger charge is 2.30. The van der Waals surface area contributed by atoms with E-state index in [9.17, 15) is 4.79 Å². The van der Waals surface area contributed by atoms with E-state index in [1.54, 1.807) is 7.11 Å². The highest BCUT2D eigenvalue weighted by atomic mass is 16.5. The number of likely N-dealkylation sites (tertiary alicyclic amines) is 1. The van der Waals surface area contributed by atoms with Crippen LogP contribution in [0.25, 0.3) is 11.1 Å². The summed E-state index contributed by atoms with van der Waals surface area (Å²) in [5.41, 5.74) is 3.24. The molecule has 6 heteroatoms. The fourth-order valence-electron chi connectivity index (χ4n) is 4.55. The van der Waals surface area contributed by atoms with Crippen LogP contribution >= 0.6 is 0 Å². The predicted molar refractivity (Wildman–Crippen MR) is 123 cm³/mol.